The molecule has 4 rings (SSSR count). The van der Waals surface area contributed by atoms with Gasteiger partial charge in [-0.3, -0.25) is 0 Å². The minimum absolute atomic E-state index is 0.00261. The van der Waals surface area contributed by atoms with Crippen molar-refractivity contribution < 1.29 is 67.1 Å². The van der Waals surface area contributed by atoms with Crippen LogP contribution in [0.25, 0.3) is 0 Å². The third kappa shape index (κ3) is 13.5. The molecule has 19 atom stereocenters. The summed E-state index contributed by atoms with van der Waals surface area (Å²) in [7, 11) is 11.7. The van der Waals surface area contributed by atoms with Crippen LogP contribution in [0.5, 0.6) is 0 Å². The van der Waals surface area contributed by atoms with Crippen molar-refractivity contribution >= 4 is 0 Å². The molecule has 62 heavy (non-hydrogen) atoms. The van der Waals surface area contributed by atoms with Crippen molar-refractivity contribution in [2.24, 2.45) is 23.7 Å². The first-order chi connectivity index (χ1) is 29.6. The smallest absolute Gasteiger partial charge is 0.174 e. The molecule has 0 aromatic carbocycles. The zero-order chi connectivity index (χ0) is 45.7. The van der Waals surface area contributed by atoms with Gasteiger partial charge in [-0.2, -0.15) is 0 Å². The van der Waals surface area contributed by atoms with Crippen molar-refractivity contribution in [3.8, 4) is 0 Å². The van der Waals surface area contributed by atoms with Gasteiger partial charge in [0.2, 0.25) is 0 Å². The maximum atomic E-state index is 11.4. The summed E-state index contributed by atoms with van der Waals surface area (Å²) in [5.74, 6) is -1.34. The summed E-state index contributed by atoms with van der Waals surface area (Å²) in [6.45, 7) is 14.8. The van der Waals surface area contributed by atoms with Crippen LogP contribution >= 0.6 is 0 Å². The molecule has 0 aromatic rings. The second-order valence-electron chi connectivity index (χ2n) is 17.8. The average Bonchev–Trinajstić information content (AvgIpc) is 4.08. The molecular weight excluding hydrogens is 801 g/mol. The van der Waals surface area contributed by atoms with Crippen LogP contribution in [0.4, 0.5) is 0 Å². The Morgan fingerprint density at radius 2 is 1.26 bits per heavy atom. The van der Waals surface area contributed by atoms with Gasteiger partial charge in [0.05, 0.1) is 42.7 Å². The number of allylic oxidation sites excluding steroid dienone is 4. The zero-order valence-corrected chi connectivity index (χ0v) is 40.1. The molecule has 4 heterocycles. The summed E-state index contributed by atoms with van der Waals surface area (Å²) >= 11 is 0. The number of ether oxygens (including phenoxy) is 12. The van der Waals surface area contributed by atoms with E-state index in [4.69, 9.17) is 56.8 Å². The predicted octanol–water partition coefficient (Wildman–Crippen LogP) is 6.31. The van der Waals surface area contributed by atoms with Gasteiger partial charge in [0.15, 0.2) is 18.4 Å². The Hall–Kier alpha value is -1.60. The minimum Gasteiger partial charge on any atom is -0.390 e. The summed E-state index contributed by atoms with van der Waals surface area (Å²) in [6.07, 6.45) is 12.4. The highest BCUT2D eigenvalue weighted by molar-refractivity contribution is 5.20. The van der Waals surface area contributed by atoms with Gasteiger partial charge >= 0.3 is 0 Å². The number of methoxy groups -OCH3 is 7. The van der Waals surface area contributed by atoms with Crippen molar-refractivity contribution in [1.29, 1.82) is 0 Å². The highest BCUT2D eigenvalue weighted by Gasteiger charge is 2.52. The Bertz CT molecular complexity index is 1430. The summed E-state index contributed by atoms with van der Waals surface area (Å²) in [6, 6.07) is 0. The third-order valence-corrected chi connectivity index (χ3v) is 13.8. The highest BCUT2D eigenvalue weighted by atomic mass is 16.7. The van der Waals surface area contributed by atoms with Crippen LogP contribution in [0.1, 0.15) is 87.0 Å². The molecule has 0 aromatic heterocycles. The van der Waals surface area contributed by atoms with E-state index in [1.54, 1.807) is 49.8 Å². The molecule has 2 N–H and O–H groups in total. The van der Waals surface area contributed by atoms with Crippen LogP contribution in [0.2, 0.25) is 0 Å². The van der Waals surface area contributed by atoms with Crippen LogP contribution in [0, 0.1) is 23.7 Å². The molecule has 4 aliphatic rings. The van der Waals surface area contributed by atoms with Crippen molar-refractivity contribution in [3.05, 3.63) is 47.6 Å². The summed E-state index contributed by atoms with van der Waals surface area (Å²) in [5.41, 5.74) is 1.93. The second kappa shape index (κ2) is 25.3. The molecule has 0 saturated carbocycles. The van der Waals surface area contributed by atoms with Gasteiger partial charge in [-0.05, 0) is 44.3 Å². The average molecular weight is 883 g/mol. The van der Waals surface area contributed by atoms with E-state index >= 15 is 0 Å². The lowest BCUT2D eigenvalue weighted by molar-refractivity contribution is -0.351. The minimum atomic E-state index is -1.26. The fourth-order valence-electron chi connectivity index (χ4n) is 9.40. The molecular formula is C48H82O14. The maximum absolute atomic E-state index is 11.4. The summed E-state index contributed by atoms with van der Waals surface area (Å²) < 4.78 is 71.2. The Morgan fingerprint density at radius 1 is 0.710 bits per heavy atom. The molecule has 0 unspecified atom stereocenters. The van der Waals surface area contributed by atoms with Gasteiger partial charge in [0.1, 0.15) is 30.5 Å². The van der Waals surface area contributed by atoms with Crippen LogP contribution in [0.3, 0.4) is 0 Å². The Labute approximate surface area is 372 Å². The van der Waals surface area contributed by atoms with Gasteiger partial charge in [-0.15, -0.1) is 0 Å². The normalized spacial score (nSPS) is 36.9. The van der Waals surface area contributed by atoms with Crippen molar-refractivity contribution in [3.63, 3.8) is 0 Å². The predicted molar refractivity (Wildman–Crippen MR) is 235 cm³/mol. The van der Waals surface area contributed by atoms with Gasteiger partial charge in [0.25, 0.3) is 0 Å². The lowest BCUT2D eigenvalue weighted by atomic mass is 9.81. The molecule has 0 bridgehead atoms. The van der Waals surface area contributed by atoms with Gasteiger partial charge in [-0.25, -0.2) is 0 Å². The molecule has 4 aliphatic heterocycles. The van der Waals surface area contributed by atoms with Crippen molar-refractivity contribution in [2.75, 3.05) is 56.4 Å². The quantitative estimate of drug-likeness (QED) is 0.0566. The summed E-state index contributed by atoms with van der Waals surface area (Å²) in [5, 5.41) is 22.4. The highest BCUT2D eigenvalue weighted by Crippen LogP contribution is 2.43. The first kappa shape index (κ1) is 53.0. The number of hydrogen-bond donors (Lipinski definition) is 2. The summed E-state index contributed by atoms with van der Waals surface area (Å²) in [4.78, 5) is 0. The van der Waals surface area contributed by atoms with E-state index in [1.165, 1.54) is 0 Å². The van der Waals surface area contributed by atoms with E-state index in [2.05, 4.69) is 20.8 Å². The topological polar surface area (TPSA) is 155 Å². The number of aliphatic hydroxyl groups excluding tert-OH is 1. The van der Waals surface area contributed by atoms with E-state index in [0.717, 1.165) is 30.4 Å². The first-order valence-electron chi connectivity index (χ1n) is 22.7. The number of epoxide rings is 1. The molecule has 4 saturated heterocycles. The standard InChI is InChI=1S/C48H82O14/c1-15-34(51-8)33(7)44-47(61-44)41(49)28(2)19-16-20-29(3)43-46(57-14)37(26-40(55-12)60-43)58-24-18-23-35(52-9)32(6)38-27-48(50,62-38)31(5)22-17-21-30(4)42-45(56-13)36(53-10)25-39(54-11)59-42/h16-17,19-22,28,31-47,49-50H,15,18,23-27H2,1-14H3/b19-16+,22-17+,29-20+,30-21+/t28-,31-,32+,33+,34-,35-,36-,37-,38+,39+,40+,41+,42+,43+,44-,45+,46-,47-,48-/m0/s1. The van der Waals surface area contributed by atoms with Gasteiger partial charge in [0, 0.05) is 99.3 Å². The molecule has 358 valence electrons. The van der Waals surface area contributed by atoms with E-state index < -0.39 is 18.2 Å². The fourth-order valence-corrected chi connectivity index (χ4v) is 9.40. The third-order valence-electron chi connectivity index (χ3n) is 13.8. The van der Waals surface area contributed by atoms with Crippen molar-refractivity contribution in [1.82, 2.24) is 0 Å². The Morgan fingerprint density at radius 3 is 1.77 bits per heavy atom. The Balaban J connectivity index is 1.24. The second-order valence-corrected chi connectivity index (χ2v) is 17.8. The number of rotatable bonds is 26. The first-order valence-corrected chi connectivity index (χ1v) is 22.7. The maximum Gasteiger partial charge on any atom is 0.174 e. The molecule has 0 spiro atoms. The fraction of sp³-hybridized carbons (Fsp3) is 0.833. The Kier molecular flexibility index (Phi) is 21.7. The molecule has 14 heteroatoms. The van der Waals surface area contributed by atoms with E-state index in [9.17, 15) is 10.2 Å². The van der Waals surface area contributed by atoms with E-state index in [1.807, 2.05) is 64.2 Å². The number of hydrogen-bond acceptors (Lipinski definition) is 14. The monoisotopic (exact) mass is 883 g/mol. The van der Waals surface area contributed by atoms with Crippen molar-refractivity contribution in [2.45, 2.75) is 179 Å². The van der Waals surface area contributed by atoms with Gasteiger partial charge in [-0.1, -0.05) is 71.1 Å². The van der Waals surface area contributed by atoms with Crippen LogP contribution in [0.15, 0.2) is 47.6 Å². The van der Waals surface area contributed by atoms with Crippen LogP contribution < -0.4 is 0 Å². The van der Waals surface area contributed by atoms with Gasteiger partial charge < -0.3 is 67.1 Å². The number of aliphatic hydroxyl groups is 2. The molecule has 4 fully saturated rings. The molecule has 0 aliphatic carbocycles. The lowest BCUT2D eigenvalue weighted by Gasteiger charge is -2.50. The van der Waals surface area contributed by atoms with Crippen LogP contribution in [-0.2, 0) is 56.8 Å². The van der Waals surface area contributed by atoms with Crippen LogP contribution in [-0.4, -0.2) is 158 Å². The molecule has 0 amide bonds. The van der Waals surface area contributed by atoms with E-state index in [-0.39, 0.29) is 97.1 Å². The lowest BCUT2D eigenvalue weighted by Crippen LogP contribution is -2.58. The largest absolute Gasteiger partial charge is 0.390 e. The zero-order valence-electron chi connectivity index (χ0n) is 40.1. The SMILES string of the molecule is CC[C@H](OC)[C@@H](C)[C@@H]1O[C@H]1[C@H](O)[C@@H](C)/C=C/C=C(\C)[C@H]1O[C@@H](OC)C[C@H](OCCC[C@H](OC)[C@@H](C)[C@H]2C[C@@](O)([C@@H](C)/C=C/C=C(\C)[C@H]3O[C@@H](OC)C[C@H](OC)[C@H]3OC)O2)[C@@H]1OC. The van der Waals surface area contributed by atoms with E-state index in [0.29, 0.717) is 25.9 Å². The molecule has 14 nitrogen and oxygen atoms in total. The molecule has 0 radical (unpaired) electrons.